The lowest BCUT2D eigenvalue weighted by atomic mass is 10.1. The Hall–Kier alpha value is -1.65. The van der Waals surface area contributed by atoms with E-state index in [0.29, 0.717) is 0 Å². The summed E-state index contributed by atoms with van der Waals surface area (Å²) in [5, 5.41) is 3.54. The molecule has 0 amide bonds. The maximum absolute atomic E-state index is 4.62. The standard InChI is InChI=1S/C17H21N3S/c1-13-12-20-16(14(2)19-17(20)21-13)11-18-10-6-9-15-7-4-3-5-8-15/h3-5,7-8,12,18H,6,9-11H2,1-2H3. The number of imidazole rings is 1. The summed E-state index contributed by atoms with van der Waals surface area (Å²) in [4.78, 5) is 7.03. The molecule has 0 fully saturated rings. The Morgan fingerprint density at radius 3 is 2.81 bits per heavy atom. The van der Waals surface area contributed by atoms with E-state index < -0.39 is 0 Å². The van der Waals surface area contributed by atoms with E-state index >= 15 is 0 Å². The Balaban J connectivity index is 1.51. The predicted octanol–water partition coefficient (Wildman–Crippen LogP) is 3.74. The molecule has 0 spiro atoms. The summed E-state index contributed by atoms with van der Waals surface area (Å²) in [6.07, 6.45) is 4.47. The molecular formula is C17H21N3S. The van der Waals surface area contributed by atoms with E-state index in [0.717, 1.165) is 36.6 Å². The Morgan fingerprint density at radius 1 is 1.19 bits per heavy atom. The van der Waals surface area contributed by atoms with Crippen molar-refractivity contribution in [3.63, 3.8) is 0 Å². The summed E-state index contributed by atoms with van der Waals surface area (Å²) in [7, 11) is 0. The molecule has 2 aromatic heterocycles. The summed E-state index contributed by atoms with van der Waals surface area (Å²) in [6.45, 7) is 6.14. The lowest BCUT2D eigenvalue weighted by Crippen LogP contribution is -2.17. The Morgan fingerprint density at radius 2 is 2.00 bits per heavy atom. The van der Waals surface area contributed by atoms with E-state index in [1.54, 1.807) is 11.3 Å². The molecule has 3 aromatic rings. The monoisotopic (exact) mass is 299 g/mol. The smallest absolute Gasteiger partial charge is 0.194 e. The minimum Gasteiger partial charge on any atom is -0.311 e. The highest BCUT2D eigenvalue weighted by Crippen LogP contribution is 2.20. The number of benzene rings is 1. The first kappa shape index (κ1) is 14.3. The molecule has 3 nitrogen and oxygen atoms in total. The number of aromatic nitrogens is 2. The second-order valence-electron chi connectivity index (χ2n) is 5.40. The molecule has 0 aliphatic heterocycles. The summed E-state index contributed by atoms with van der Waals surface area (Å²) in [6, 6.07) is 10.7. The van der Waals surface area contributed by atoms with Crippen LogP contribution in [-0.4, -0.2) is 15.9 Å². The van der Waals surface area contributed by atoms with E-state index in [9.17, 15) is 0 Å². The van der Waals surface area contributed by atoms with E-state index in [2.05, 4.69) is 65.1 Å². The second kappa shape index (κ2) is 6.41. The SMILES string of the molecule is Cc1cn2c(CNCCCc3ccccc3)c(C)nc2s1. The molecule has 0 saturated carbocycles. The van der Waals surface area contributed by atoms with Gasteiger partial charge in [-0.2, -0.15) is 0 Å². The minimum atomic E-state index is 0.887. The van der Waals surface area contributed by atoms with Crippen molar-refractivity contribution in [2.24, 2.45) is 0 Å². The summed E-state index contributed by atoms with van der Waals surface area (Å²) in [5.41, 5.74) is 3.83. The number of fused-ring (bicyclic) bond motifs is 1. The lowest BCUT2D eigenvalue weighted by molar-refractivity contribution is 0.636. The number of nitrogens with one attached hydrogen (secondary N) is 1. The number of hydrogen-bond donors (Lipinski definition) is 1. The number of rotatable bonds is 6. The number of thiazole rings is 1. The average molecular weight is 299 g/mol. The fraction of sp³-hybridized carbons (Fsp3) is 0.353. The zero-order chi connectivity index (χ0) is 14.7. The van der Waals surface area contributed by atoms with Crippen LogP contribution in [0.3, 0.4) is 0 Å². The van der Waals surface area contributed by atoms with Crippen molar-refractivity contribution in [1.29, 1.82) is 0 Å². The van der Waals surface area contributed by atoms with Gasteiger partial charge in [-0.1, -0.05) is 30.3 Å². The van der Waals surface area contributed by atoms with Gasteiger partial charge in [0, 0.05) is 17.6 Å². The van der Waals surface area contributed by atoms with Crippen molar-refractivity contribution in [2.75, 3.05) is 6.54 Å². The molecular weight excluding hydrogens is 278 g/mol. The van der Waals surface area contributed by atoms with Crippen LogP contribution in [0.4, 0.5) is 0 Å². The third kappa shape index (κ3) is 3.34. The second-order valence-corrected chi connectivity index (χ2v) is 6.62. The molecule has 3 rings (SSSR count). The van der Waals surface area contributed by atoms with Gasteiger partial charge in [0.1, 0.15) is 0 Å². The van der Waals surface area contributed by atoms with Crippen molar-refractivity contribution in [3.8, 4) is 0 Å². The number of aryl methyl sites for hydroxylation is 3. The van der Waals surface area contributed by atoms with Gasteiger partial charge >= 0.3 is 0 Å². The van der Waals surface area contributed by atoms with Crippen LogP contribution in [0.2, 0.25) is 0 Å². The van der Waals surface area contributed by atoms with Gasteiger partial charge in [-0.15, -0.1) is 11.3 Å². The first-order valence-electron chi connectivity index (χ1n) is 7.42. The van der Waals surface area contributed by atoms with Crippen LogP contribution < -0.4 is 5.32 Å². The molecule has 21 heavy (non-hydrogen) atoms. The largest absolute Gasteiger partial charge is 0.311 e. The third-order valence-electron chi connectivity index (χ3n) is 3.70. The van der Waals surface area contributed by atoms with Crippen LogP contribution in [0, 0.1) is 13.8 Å². The average Bonchev–Trinajstić information content (AvgIpc) is 2.96. The normalized spacial score (nSPS) is 11.3. The molecule has 2 heterocycles. The molecule has 0 saturated heterocycles. The Labute approximate surface area is 129 Å². The zero-order valence-electron chi connectivity index (χ0n) is 12.6. The summed E-state index contributed by atoms with van der Waals surface area (Å²) < 4.78 is 2.22. The van der Waals surface area contributed by atoms with Gasteiger partial charge in [0.2, 0.25) is 0 Å². The van der Waals surface area contributed by atoms with Gasteiger partial charge in [0.25, 0.3) is 0 Å². The molecule has 110 valence electrons. The first-order chi connectivity index (χ1) is 10.2. The van der Waals surface area contributed by atoms with E-state index in [4.69, 9.17) is 0 Å². The van der Waals surface area contributed by atoms with E-state index in [1.807, 2.05) is 0 Å². The Kier molecular flexibility index (Phi) is 4.36. The minimum absolute atomic E-state index is 0.887. The van der Waals surface area contributed by atoms with Crippen LogP contribution in [0.5, 0.6) is 0 Å². The van der Waals surface area contributed by atoms with Crippen molar-refractivity contribution in [2.45, 2.75) is 33.2 Å². The molecule has 0 unspecified atom stereocenters. The van der Waals surface area contributed by atoms with Gasteiger partial charge in [0.05, 0.1) is 11.4 Å². The number of nitrogens with zero attached hydrogens (tertiary/aromatic N) is 2. The lowest BCUT2D eigenvalue weighted by Gasteiger charge is -2.05. The molecule has 1 aromatic carbocycles. The van der Waals surface area contributed by atoms with Gasteiger partial charge < -0.3 is 5.32 Å². The van der Waals surface area contributed by atoms with Crippen LogP contribution in [-0.2, 0) is 13.0 Å². The van der Waals surface area contributed by atoms with Crippen molar-refractivity contribution < 1.29 is 0 Å². The first-order valence-corrected chi connectivity index (χ1v) is 8.24. The van der Waals surface area contributed by atoms with Crippen LogP contribution in [0.25, 0.3) is 4.96 Å². The Bertz CT molecular complexity index is 712. The zero-order valence-corrected chi connectivity index (χ0v) is 13.4. The highest BCUT2D eigenvalue weighted by atomic mass is 32.1. The fourth-order valence-electron chi connectivity index (χ4n) is 2.59. The van der Waals surface area contributed by atoms with E-state index in [1.165, 1.54) is 16.1 Å². The highest BCUT2D eigenvalue weighted by Gasteiger charge is 2.10. The van der Waals surface area contributed by atoms with Crippen molar-refractivity contribution in [1.82, 2.24) is 14.7 Å². The molecule has 0 bridgehead atoms. The van der Waals surface area contributed by atoms with Crippen LogP contribution in [0.1, 0.15) is 28.2 Å². The molecule has 4 heteroatoms. The van der Waals surface area contributed by atoms with Crippen molar-refractivity contribution in [3.05, 3.63) is 58.4 Å². The van der Waals surface area contributed by atoms with E-state index in [-0.39, 0.29) is 0 Å². The summed E-state index contributed by atoms with van der Waals surface area (Å²) in [5.74, 6) is 0. The molecule has 0 radical (unpaired) electrons. The maximum Gasteiger partial charge on any atom is 0.194 e. The van der Waals surface area contributed by atoms with Crippen molar-refractivity contribution >= 4 is 16.3 Å². The van der Waals surface area contributed by atoms with Gasteiger partial charge in [0.15, 0.2) is 4.96 Å². The molecule has 1 N–H and O–H groups in total. The number of hydrogen-bond acceptors (Lipinski definition) is 3. The molecule has 0 atom stereocenters. The maximum atomic E-state index is 4.62. The van der Waals surface area contributed by atoms with Crippen LogP contribution in [0.15, 0.2) is 36.5 Å². The fourth-order valence-corrected chi connectivity index (χ4v) is 3.48. The molecule has 0 aliphatic rings. The van der Waals surface area contributed by atoms with Gasteiger partial charge in [-0.25, -0.2) is 4.98 Å². The topological polar surface area (TPSA) is 29.3 Å². The quantitative estimate of drug-likeness (QED) is 0.703. The van der Waals surface area contributed by atoms with Gasteiger partial charge in [-0.05, 0) is 38.8 Å². The predicted molar refractivity (Wildman–Crippen MR) is 89.0 cm³/mol. The van der Waals surface area contributed by atoms with Crippen LogP contribution >= 0.6 is 11.3 Å². The molecule has 0 aliphatic carbocycles. The van der Waals surface area contributed by atoms with Gasteiger partial charge in [-0.3, -0.25) is 4.40 Å². The highest BCUT2D eigenvalue weighted by molar-refractivity contribution is 7.17. The third-order valence-corrected chi connectivity index (χ3v) is 4.59. The summed E-state index contributed by atoms with van der Waals surface area (Å²) >= 11 is 1.75.